The maximum absolute atomic E-state index is 11.8. The summed E-state index contributed by atoms with van der Waals surface area (Å²) in [5.74, 6) is -0.160. The minimum Gasteiger partial charge on any atom is -0.392 e. The molecule has 5 nitrogen and oxygen atoms in total. The molecule has 0 saturated carbocycles. The van der Waals surface area contributed by atoms with E-state index in [2.05, 4.69) is 15.0 Å². The second-order valence-corrected chi connectivity index (χ2v) is 5.32. The molecule has 0 aliphatic carbocycles. The van der Waals surface area contributed by atoms with Crippen LogP contribution in [0.5, 0.6) is 0 Å². The molecule has 3 N–H and O–H groups in total. The Labute approximate surface area is 122 Å². The van der Waals surface area contributed by atoms with Crippen molar-refractivity contribution in [1.82, 2.24) is 10.2 Å². The van der Waals surface area contributed by atoms with Gasteiger partial charge in [0.1, 0.15) is 6.61 Å². The summed E-state index contributed by atoms with van der Waals surface area (Å²) in [7, 11) is 0. The van der Waals surface area contributed by atoms with Crippen LogP contribution in [0.3, 0.4) is 0 Å². The van der Waals surface area contributed by atoms with Crippen molar-refractivity contribution in [2.75, 3.05) is 32.8 Å². The van der Waals surface area contributed by atoms with Crippen LogP contribution in [0.4, 0.5) is 8.78 Å². The molecule has 1 fully saturated rings. The Morgan fingerprint density at radius 1 is 1.45 bits per heavy atom. The van der Waals surface area contributed by atoms with Crippen LogP contribution >= 0.6 is 12.2 Å². The fourth-order valence-electron chi connectivity index (χ4n) is 2.09. The molecule has 1 rings (SSSR count). The first-order valence-electron chi connectivity index (χ1n) is 6.63. The molecule has 0 aromatic heterocycles. The summed E-state index contributed by atoms with van der Waals surface area (Å²) >= 11 is 4.85. The SMILES string of the molecule is NC(=S)CN1CCC(NC(=O)CCOCC(F)F)CC1. The number of piperidine rings is 1. The van der Waals surface area contributed by atoms with Crippen molar-refractivity contribution >= 4 is 23.1 Å². The van der Waals surface area contributed by atoms with E-state index in [1.807, 2.05) is 0 Å². The van der Waals surface area contributed by atoms with E-state index in [1.54, 1.807) is 0 Å². The standard InChI is InChI=1S/C12H21F2N3O2S/c13-10(14)8-19-6-3-12(18)16-9-1-4-17(5-2-9)7-11(15)20/h9-10H,1-8H2,(H2,15,20)(H,16,18). The van der Waals surface area contributed by atoms with Gasteiger partial charge in [0, 0.05) is 32.1 Å². The summed E-state index contributed by atoms with van der Waals surface area (Å²) < 4.78 is 28.3. The van der Waals surface area contributed by atoms with Gasteiger partial charge in [0.15, 0.2) is 0 Å². The molecule has 8 heteroatoms. The molecule has 0 radical (unpaired) electrons. The van der Waals surface area contributed by atoms with Crippen LogP contribution in [0.15, 0.2) is 0 Å². The number of likely N-dealkylation sites (tertiary alicyclic amines) is 1. The van der Waals surface area contributed by atoms with Crippen molar-refractivity contribution in [2.24, 2.45) is 5.73 Å². The Bertz CT molecular complexity index is 324. The van der Waals surface area contributed by atoms with Gasteiger partial charge in [0.05, 0.1) is 11.6 Å². The number of halogens is 2. The number of nitrogens with two attached hydrogens (primary N) is 1. The summed E-state index contributed by atoms with van der Waals surface area (Å²) in [6, 6.07) is 0.125. The first kappa shape index (κ1) is 17.2. The number of thiocarbonyl (C=S) groups is 1. The van der Waals surface area contributed by atoms with E-state index in [0.717, 1.165) is 25.9 Å². The fraction of sp³-hybridized carbons (Fsp3) is 0.833. The van der Waals surface area contributed by atoms with Crippen LogP contribution in [0, 0.1) is 0 Å². The van der Waals surface area contributed by atoms with E-state index in [1.165, 1.54) is 0 Å². The Morgan fingerprint density at radius 3 is 2.65 bits per heavy atom. The number of carbonyl (C=O) groups excluding carboxylic acids is 1. The number of ether oxygens (including phenoxy) is 1. The molecule has 0 aromatic carbocycles. The van der Waals surface area contributed by atoms with Crippen LogP contribution in [-0.4, -0.2) is 61.1 Å². The van der Waals surface area contributed by atoms with E-state index in [9.17, 15) is 13.6 Å². The molecule has 1 aliphatic rings. The summed E-state index contributed by atoms with van der Waals surface area (Å²) in [5, 5.41) is 2.88. The zero-order chi connectivity index (χ0) is 15.0. The van der Waals surface area contributed by atoms with E-state index in [-0.39, 0.29) is 25.0 Å². The highest BCUT2D eigenvalue weighted by Gasteiger charge is 2.20. The lowest BCUT2D eigenvalue weighted by molar-refractivity contribution is -0.123. The predicted octanol–water partition coefficient (Wildman–Crippen LogP) is 0.525. The zero-order valence-electron chi connectivity index (χ0n) is 11.3. The largest absolute Gasteiger partial charge is 0.392 e. The number of alkyl halides is 2. The number of nitrogens with one attached hydrogen (secondary N) is 1. The molecule has 1 amide bonds. The van der Waals surface area contributed by atoms with Gasteiger partial charge in [-0.3, -0.25) is 9.69 Å². The van der Waals surface area contributed by atoms with E-state index in [4.69, 9.17) is 18.0 Å². The van der Waals surface area contributed by atoms with E-state index < -0.39 is 13.0 Å². The fourth-order valence-corrected chi connectivity index (χ4v) is 2.28. The molecule has 1 aliphatic heterocycles. The van der Waals surface area contributed by atoms with Crippen molar-refractivity contribution in [1.29, 1.82) is 0 Å². The first-order chi connectivity index (χ1) is 9.47. The van der Waals surface area contributed by atoms with E-state index in [0.29, 0.717) is 11.5 Å². The molecule has 1 heterocycles. The highest BCUT2D eigenvalue weighted by Crippen LogP contribution is 2.10. The number of hydrogen-bond donors (Lipinski definition) is 2. The third-order valence-corrected chi connectivity index (χ3v) is 3.18. The van der Waals surface area contributed by atoms with Crippen molar-refractivity contribution in [2.45, 2.75) is 31.7 Å². The highest BCUT2D eigenvalue weighted by molar-refractivity contribution is 7.80. The summed E-state index contributed by atoms with van der Waals surface area (Å²) in [5.41, 5.74) is 5.48. The van der Waals surface area contributed by atoms with Crippen LogP contribution in [0.1, 0.15) is 19.3 Å². The molecule has 0 bridgehead atoms. The van der Waals surface area contributed by atoms with Gasteiger partial charge < -0.3 is 15.8 Å². The van der Waals surface area contributed by atoms with Crippen LogP contribution in [0.2, 0.25) is 0 Å². The normalized spacial score (nSPS) is 17.4. The Balaban J connectivity index is 2.10. The molecular weight excluding hydrogens is 288 g/mol. The van der Waals surface area contributed by atoms with Gasteiger partial charge in [-0.25, -0.2) is 8.78 Å². The smallest absolute Gasteiger partial charge is 0.261 e. The second kappa shape index (κ2) is 9.15. The number of nitrogens with zero attached hydrogens (tertiary/aromatic N) is 1. The van der Waals surface area contributed by atoms with Gasteiger partial charge in [0.2, 0.25) is 5.91 Å². The van der Waals surface area contributed by atoms with Gasteiger partial charge >= 0.3 is 0 Å². The molecule has 0 aromatic rings. The Kier molecular flexibility index (Phi) is 7.86. The van der Waals surface area contributed by atoms with Gasteiger partial charge in [0.25, 0.3) is 6.43 Å². The molecule has 1 saturated heterocycles. The molecule has 116 valence electrons. The predicted molar refractivity (Wildman–Crippen MR) is 75.8 cm³/mol. The number of hydrogen-bond acceptors (Lipinski definition) is 4. The first-order valence-corrected chi connectivity index (χ1v) is 7.04. The molecule has 0 unspecified atom stereocenters. The van der Waals surface area contributed by atoms with Crippen LogP contribution in [-0.2, 0) is 9.53 Å². The van der Waals surface area contributed by atoms with Crippen LogP contribution < -0.4 is 11.1 Å². The minimum absolute atomic E-state index is 0.0243. The Morgan fingerprint density at radius 2 is 2.10 bits per heavy atom. The summed E-state index contributed by atoms with van der Waals surface area (Å²) in [6.07, 6.45) is -0.700. The average molecular weight is 309 g/mol. The van der Waals surface area contributed by atoms with Gasteiger partial charge in [-0.15, -0.1) is 0 Å². The lowest BCUT2D eigenvalue weighted by atomic mass is 10.0. The van der Waals surface area contributed by atoms with Crippen molar-refractivity contribution < 1.29 is 18.3 Å². The third kappa shape index (κ3) is 7.66. The molecular formula is C12H21F2N3O2S. The monoisotopic (exact) mass is 309 g/mol. The topological polar surface area (TPSA) is 67.6 Å². The Hall–Kier alpha value is -0.860. The molecule has 0 atom stereocenters. The zero-order valence-corrected chi connectivity index (χ0v) is 12.1. The van der Waals surface area contributed by atoms with E-state index >= 15 is 0 Å². The van der Waals surface area contributed by atoms with Gasteiger partial charge in [-0.05, 0) is 12.8 Å². The lowest BCUT2D eigenvalue weighted by Gasteiger charge is -2.31. The quantitative estimate of drug-likeness (QED) is 0.505. The van der Waals surface area contributed by atoms with Gasteiger partial charge in [-0.1, -0.05) is 12.2 Å². The second-order valence-electron chi connectivity index (χ2n) is 4.80. The number of rotatable bonds is 8. The van der Waals surface area contributed by atoms with Crippen molar-refractivity contribution in [3.63, 3.8) is 0 Å². The maximum Gasteiger partial charge on any atom is 0.261 e. The minimum atomic E-state index is -2.49. The van der Waals surface area contributed by atoms with Gasteiger partial charge in [-0.2, -0.15) is 0 Å². The average Bonchev–Trinajstić information content (AvgIpc) is 2.36. The van der Waals surface area contributed by atoms with Crippen LogP contribution in [0.25, 0.3) is 0 Å². The molecule has 0 spiro atoms. The number of carbonyl (C=O) groups is 1. The van der Waals surface area contributed by atoms with Crippen molar-refractivity contribution in [3.05, 3.63) is 0 Å². The molecule has 20 heavy (non-hydrogen) atoms. The maximum atomic E-state index is 11.8. The summed E-state index contributed by atoms with van der Waals surface area (Å²) in [4.78, 5) is 14.2. The lowest BCUT2D eigenvalue weighted by Crippen LogP contribution is -2.46. The summed E-state index contributed by atoms with van der Waals surface area (Å²) in [6.45, 7) is 1.69. The highest BCUT2D eigenvalue weighted by atomic mass is 32.1. The van der Waals surface area contributed by atoms with Crippen molar-refractivity contribution in [3.8, 4) is 0 Å². The number of amides is 1. The third-order valence-electron chi connectivity index (χ3n) is 3.05.